The first kappa shape index (κ1) is 25.0. The number of halogens is 2. The summed E-state index contributed by atoms with van der Waals surface area (Å²) in [6, 6.07) is 19.6. The lowest BCUT2D eigenvalue weighted by atomic mass is 9.70. The summed E-state index contributed by atoms with van der Waals surface area (Å²) in [7, 11) is 0. The Hall–Kier alpha value is -2.34. The number of nitrogens with zero attached hydrogens (tertiary/aromatic N) is 1. The van der Waals surface area contributed by atoms with Crippen molar-refractivity contribution in [3.05, 3.63) is 87.4 Å². The molecule has 3 aliphatic rings. The molecule has 2 aliphatic carbocycles. The Labute approximate surface area is 232 Å². The van der Waals surface area contributed by atoms with E-state index in [0.29, 0.717) is 17.2 Å². The molecule has 1 amide bonds. The van der Waals surface area contributed by atoms with Crippen LogP contribution in [0.4, 0.5) is 5.69 Å². The predicted molar refractivity (Wildman–Crippen MR) is 152 cm³/mol. The van der Waals surface area contributed by atoms with Gasteiger partial charge < -0.3 is 9.64 Å². The molecule has 3 aromatic rings. The van der Waals surface area contributed by atoms with Crippen molar-refractivity contribution >= 4 is 46.7 Å². The maximum Gasteiger partial charge on any atom is 0.261 e. The molecule has 6 rings (SSSR count). The molecule has 0 radical (unpaired) electrons. The van der Waals surface area contributed by atoms with E-state index >= 15 is 0 Å². The van der Waals surface area contributed by atoms with Gasteiger partial charge in [0, 0.05) is 39.0 Å². The number of hydrogen-bond donors (Lipinski definition) is 1. The summed E-state index contributed by atoms with van der Waals surface area (Å²) in [6.45, 7) is 2.62. The van der Waals surface area contributed by atoms with Crippen LogP contribution in [0.2, 0.25) is 10.0 Å². The van der Waals surface area contributed by atoms with Gasteiger partial charge >= 0.3 is 0 Å². The van der Waals surface area contributed by atoms with E-state index in [4.69, 9.17) is 27.9 Å². The van der Waals surface area contributed by atoms with E-state index in [9.17, 15) is 4.79 Å². The predicted octanol–water partition coefficient (Wildman–Crippen LogP) is 7.70. The van der Waals surface area contributed by atoms with Crippen molar-refractivity contribution in [2.45, 2.75) is 48.8 Å². The van der Waals surface area contributed by atoms with Gasteiger partial charge in [-0.3, -0.25) is 9.52 Å². The van der Waals surface area contributed by atoms with Crippen LogP contribution in [0.1, 0.15) is 53.6 Å². The summed E-state index contributed by atoms with van der Waals surface area (Å²) in [6.07, 6.45) is 7.22. The molecule has 192 valence electrons. The highest BCUT2D eigenvalue weighted by molar-refractivity contribution is 7.98. The van der Waals surface area contributed by atoms with Gasteiger partial charge in [0.2, 0.25) is 0 Å². The van der Waals surface area contributed by atoms with E-state index in [1.54, 1.807) is 24.3 Å². The molecule has 3 aromatic carbocycles. The third-order valence-corrected chi connectivity index (χ3v) is 9.34. The highest BCUT2D eigenvalue weighted by Gasteiger charge is 2.42. The number of fused-ring (bicyclic) bond motifs is 3. The number of carbonyl (C=O) groups is 1. The molecule has 1 atom stereocenters. The Bertz CT molecular complexity index is 1310. The van der Waals surface area contributed by atoms with E-state index in [2.05, 4.69) is 33.9 Å². The summed E-state index contributed by atoms with van der Waals surface area (Å²) < 4.78 is 9.54. The number of aryl methyl sites for hydroxylation is 1. The van der Waals surface area contributed by atoms with Crippen LogP contribution in [0, 0.1) is 5.92 Å². The van der Waals surface area contributed by atoms with Crippen molar-refractivity contribution in [1.82, 2.24) is 4.72 Å². The summed E-state index contributed by atoms with van der Waals surface area (Å²) >= 11 is 13.7. The van der Waals surface area contributed by atoms with Crippen molar-refractivity contribution in [2.75, 3.05) is 24.6 Å². The second-order valence-corrected chi connectivity index (χ2v) is 12.3. The quantitative estimate of drug-likeness (QED) is 0.329. The Kier molecular flexibility index (Phi) is 7.04. The number of rotatable bonds is 5. The van der Waals surface area contributed by atoms with Crippen LogP contribution < -0.4 is 14.4 Å². The zero-order valence-electron chi connectivity index (χ0n) is 20.6. The van der Waals surface area contributed by atoms with Crippen LogP contribution in [0.25, 0.3) is 0 Å². The topological polar surface area (TPSA) is 41.6 Å². The van der Waals surface area contributed by atoms with Crippen molar-refractivity contribution in [2.24, 2.45) is 5.92 Å². The highest BCUT2D eigenvalue weighted by Crippen LogP contribution is 2.46. The van der Waals surface area contributed by atoms with Crippen LogP contribution in [0.15, 0.2) is 65.6 Å². The van der Waals surface area contributed by atoms with Gasteiger partial charge in [0.05, 0.1) is 12.3 Å². The van der Waals surface area contributed by atoms with Crippen molar-refractivity contribution in [1.29, 1.82) is 0 Å². The van der Waals surface area contributed by atoms with Gasteiger partial charge in [-0.1, -0.05) is 35.7 Å². The van der Waals surface area contributed by atoms with Crippen LogP contribution in [0.3, 0.4) is 0 Å². The Balaban J connectivity index is 1.27. The zero-order valence-corrected chi connectivity index (χ0v) is 23.0. The van der Waals surface area contributed by atoms with Crippen LogP contribution >= 0.6 is 35.1 Å². The van der Waals surface area contributed by atoms with Crippen molar-refractivity contribution in [3.63, 3.8) is 0 Å². The molecule has 0 saturated heterocycles. The van der Waals surface area contributed by atoms with E-state index in [1.807, 2.05) is 12.1 Å². The largest absolute Gasteiger partial charge is 0.490 e. The minimum atomic E-state index is -0.143. The molecule has 4 nitrogen and oxygen atoms in total. The van der Waals surface area contributed by atoms with Gasteiger partial charge in [0.1, 0.15) is 5.75 Å². The van der Waals surface area contributed by atoms with Crippen LogP contribution in [-0.4, -0.2) is 25.6 Å². The summed E-state index contributed by atoms with van der Waals surface area (Å²) in [5, 5.41) is 1.42. The maximum absolute atomic E-state index is 12.7. The van der Waals surface area contributed by atoms with Crippen LogP contribution in [0.5, 0.6) is 5.75 Å². The number of carbonyl (C=O) groups excluding carboxylic acids is 1. The molecule has 1 heterocycles. The Morgan fingerprint density at radius 2 is 1.84 bits per heavy atom. The lowest BCUT2D eigenvalue weighted by molar-refractivity contribution is 0.0984. The van der Waals surface area contributed by atoms with Crippen molar-refractivity contribution < 1.29 is 9.53 Å². The Morgan fingerprint density at radius 1 is 1.03 bits per heavy atom. The van der Waals surface area contributed by atoms with Gasteiger partial charge in [-0.25, -0.2) is 0 Å². The number of anilines is 1. The molecule has 1 spiro atoms. The maximum atomic E-state index is 12.7. The first-order valence-electron chi connectivity index (χ1n) is 13.0. The van der Waals surface area contributed by atoms with Gasteiger partial charge in [-0.05, 0) is 116 Å². The second kappa shape index (κ2) is 10.4. The van der Waals surface area contributed by atoms with E-state index in [-0.39, 0.29) is 11.3 Å². The third-order valence-electron chi connectivity index (χ3n) is 8.08. The number of ether oxygens (including phenoxy) is 1. The number of amides is 1. The average Bonchev–Trinajstić information content (AvgIpc) is 3.02. The van der Waals surface area contributed by atoms with Gasteiger partial charge in [0.15, 0.2) is 0 Å². The van der Waals surface area contributed by atoms with Crippen molar-refractivity contribution in [3.8, 4) is 5.75 Å². The van der Waals surface area contributed by atoms with E-state index in [0.717, 1.165) is 59.6 Å². The van der Waals surface area contributed by atoms with Gasteiger partial charge in [-0.15, -0.1) is 0 Å². The smallest absolute Gasteiger partial charge is 0.261 e. The summed E-state index contributed by atoms with van der Waals surface area (Å²) in [5.74, 6) is 1.50. The first-order valence-corrected chi connectivity index (χ1v) is 14.6. The Morgan fingerprint density at radius 3 is 2.62 bits per heavy atom. The monoisotopic (exact) mass is 552 g/mol. The van der Waals surface area contributed by atoms with Gasteiger partial charge in [-0.2, -0.15) is 0 Å². The summed E-state index contributed by atoms with van der Waals surface area (Å²) in [5.41, 5.74) is 4.39. The SMILES string of the molecule is O=C(NSc1ccc2c(c1)N(CC1CCC1)CC1(CCCc3cc(Cl)ccc31)CO2)c1ccc(Cl)cc1. The minimum absolute atomic E-state index is 0.0585. The molecular weight excluding hydrogens is 523 g/mol. The number of nitrogens with one attached hydrogen (secondary N) is 1. The molecule has 1 aliphatic heterocycles. The zero-order chi connectivity index (χ0) is 25.4. The van der Waals surface area contributed by atoms with E-state index in [1.165, 1.54) is 42.3 Å². The fourth-order valence-corrected chi connectivity index (χ4v) is 6.87. The average molecular weight is 554 g/mol. The molecule has 0 aromatic heterocycles. The molecule has 1 saturated carbocycles. The minimum Gasteiger partial charge on any atom is -0.490 e. The van der Waals surface area contributed by atoms with Gasteiger partial charge in [0.25, 0.3) is 5.91 Å². The third kappa shape index (κ3) is 5.19. The second-order valence-electron chi connectivity index (χ2n) is 10.6. The molecule has 1 fully saturated rings. The first-order chi connectivity index (χ1) is 18.0. The fourth-order valence-electron chi connectivity index (χ4n) is 5.91. The number of benzene rings is 3. The highest BCUT2D eigenvalue weighted by atomic mass is 35.5. The lowest BCUT2D eigenvalue weighted by Gasteiger charge is -2.42. The molecule has 1 unspecified atom stereocenters. The van der Waals surface area contributed by atoms with E-state index < -0.39 is 0 Å². The molecule has 0 bridgehead atoms. The normalized spacial score (nSPS) is 20.9. The standard InChI is InChI=1S/C30H30Cl2N2O2S/c31-23-8-6-21(7-9-23)29(35)33-37-25-11-13-28-27(16-25)34(17-20-3-1-4-20)18-30(19-36-28)14-2-5-22-15-24(32)10-12-26(22)30/h6-13,15-16,20H,1-5,14,17-19H2,(H,33,35). The molecule has 37 heavy (non-hydrogen) atoms. The number of hydrogen-bond acceptors (Lipinski definition) is 4. The summed E-state index contributed by atoms with van der Waals surface area (Å²) in [4.78, 5) is 16.2. The molecule has 7 heteroatoms. The van der Waals surface area contributed by atoms with Crippen LogP contribution in [-0.2, 0) is 11.8 Å². The fraction of sp³-hybridized carbons (Fsp3) is 0.367. The molecule has 1 N–H and O–H groups in total. The lowest BCUT2D eigenvalue weighted by Crippen LogP contribution is -2.47. The molecular formula is C30H30Cl2N2O2S.